The van der Waals surface area contributed by atoms with Crippen LogP contribution in [-0.2, 0) is 0 Å². The van der Waals surface area contributed by atoms with Gasteiger partial charge in [-0.3, -0.25) is 4.79 Å². The van der Waals surface area contributed by atoms with Crippen LogP contribution >= 0.6 is 11.3 Å². The van der Waals surface area contributed by atoms with Gasteiger partial charge in [0.1, 0.15) is 0 Å². The number of rotatable bonds is 8. The summed E-state index contributed by atoms with van der Waals surface area (Å²) in [5.41, 5.74) is -0.0867. The highest BCUT2D eigenvalue weighted by molar-refractivity contribution is 7.11. The number of thiazole rings is 1. The average molecular weight is 285 g/mol. The molecule has 7 heteroatoms. The van der Waals surface area contributed by atoms with Crippen LogP contribution in [0.1, 0.15) is 40.6 Å². The zero-order valence-corrected chi connectivity index (χ0v) is 12.0. The van der Waals surface area contributed by atoms with E-state index in [0.29, 0.717) is 6.54 Å². The number of nitrogens with one attached hydrogen (secondary N) is 1. The maximum Gasteiger partial charge on any atom is 0.355 e. The molecule has 0 aliphatic rings. The molecule has 0 atom stereocenters. The zero-order valence-electron chi connectivity index (χ0n) is 11.2. The second-order valence-corrected chi connectivity index (χ2v) is 4.89. The van der Waals surface area contributed by atoms with Gasteiger partial charge in [0.25, 0.3) is 5.91 Å². The number of aromatic carboxylic acids is 1. The highest BCUT2D eigenvalue weighted by Crippen LogP contribution is 2.09. The first-order valence-corrected chi connectivity index (χ1v) is 7.15. The smallest absolute Gasteiger partial charge is 0.355 e. The van der Waals surface area contributed by atoms with E-state index in [1.165, 1.54) is 5.38 Å². The van der Waals surface area contributed by atoms with Crippen molar-refractivity contribution in [2.75, 3.05) is 26.2 Å². The first-order chi connectivity index (χ1) is 9.08. The van der Waals surface area contributed by atoms with Gasteiger partial charge in [0, 0.05) is 18.5 Å². The van der Waals surface area contributed by atoms with Crippen LogP contribution in [0.2, 0.25) is 0 Å². The molecule has 0 radical (unpaired) electrons. The monoisotopic (exact) mass is 285 g/mol. The standard InChI is InChI=1S/C12H19N3O3S/c1-3-6-15(4-2)7-5-13-10(16)11-14-9(8-19-11)12(17)18/h8H,3-7H2,1-2H3,(H,13,16)(H,17,18). The van der Waals surface area contributed by atoms with Crippen LogP contribution in [-0.4, -0.2) is 53.0 Å². The van der Waals surface area contributed by atoms with Crippen molar-refractivity contribution < 1.29 is 14.7 Å². The Kier molecular flexibility index (Phi) is 6.44. The minimum atomic E-state index is -1.12. The lowest BCUT2D eigenvalue weighted by molar-refractivity contribution is 0.0691. The van der Waals surface area contributed by atoms with E-state index in [1.807, 2.05) is 0 Å². The molecule has 0 bridgehead atoms. The fraction of sp³-hybridized carbons (Fsp3) is 0.583. The predicted octanol–water partition coefficient (Wildman–Crippen LogP) is 1.30. The maximum atomic E-state index is 11.7. The molecule has 0 fully saturated rings. The van der Waals surface area contributed by atoms with Crippen LogP contribution in [0.4, 0.5) is 0 Å². The molecule has 0 unspecified atom stereocenters. The number of hydrogen-bond donors (Lipinski definition) is 2. The van der Waals surface area contributed by atoms with E-state index in [9.17, 15) is 9.59 Å². The number of carboxylic acids is 1. The number of carbonyl (C=O) groups excluding carboxylic acids is 1. The summed E-state index contributed by atoms with van der Waals surface area (Å²) in [5.74, 6) is -1.43. The summed E-state index contributed by atoms with van der Waals surface area (Å²) in [4.78, 5) is 28.4. The molecule has 0 spiro atoms. The van der Waals surface area contributed by atoms with Crippen molar-refractivity contribution >= 4 is 23.2 Å². The number of nitrogens with zero attached hydrogens (tertiary/aromatic N) is 2. The third-order valence-corrected chi connectivity index (χ3v) is 3.46. The van der Waals surface area contributed by atoms with Crippen LogP contribution in [0.3, 0.4) is 0 Å². The van der Waals surface area contributed by atoms with Gasteiger partial charge in [-0.15, -0.1) is 11.3 Å². The number of carbonyl (C=O) groups is 2. The first kappa shape index (κ1) is 15.6. The molecule has 0 aliphatic carbocycles. The van der Waals surface area contributed by atoms with Gasteiger partial charge in [0.2, 0.25) is 0 Å². The maximum absolute atomic E-state index is 11.7. The average Bonchev–Trinajstić information content (AvgIpc) is 2.87. The highest BCUT2D eigenvalue weighted by atomic mass is 32.1. The Labute approximate surface area is 116 Å². The Morgan fingerprint density at radius 1 is 1.42 bits per heavy atom. The second kappa shape index (κ2) is 7.85. The second-order valence-electron chi connectivity index (χ2n) is 4.03. The van der Waals surface area contributed by atoms with Crippen LogP contribution in [0.15, 0.2) is 5.38 Å². The molecule has 0 aromatic carbocycles. The molecule has 1 aromatic rings. The van der Waals surface area contributed by atoms with Gasteiger partial charge < -0.3 is 15.3 Å². The molecule has 0 aliphatic heterocycles. The van der Waals surface area contributed by atoms with Crippen LogP contribution < -0.4 is 5.32 Å². The number of carboxylic acid groups (broad SMARTS) is 1. The molecular formula is C12H19N3O3S. The molecular weight excluding hydrogens is 266 g/mol. The van der Waals surface area contributed by atoms with Crippen molar-refractivity contribution in [2.45, 2.75) is 20.3 Å². The van der Waals surface area contributed by atoms with Gasteiger partial charge in [-0.1, -0.05) is 13.8 Å². The van der Waals surface area contributed by atoms with Gasteiger partial charge in [-0.2, -0.15) is 0 Å². The molecule has 1 amide bonds. The predicted molar refractivity (Wildman–Crippen MR) is 73.8 cm³/mol. The van der Waals surface area contributed by atoms with Crippen LogP contribution in [0.25, 0.3) is 0 Å². The van der Waals surface area contributed by atoms with Crippen molar-refractivity contribution in [1.82, 2.24) is 15.2 Å². The van der Waals surface area contributed by atoms with Gasteiger partial charge in [0.15, 0.2) is 10.7 Å². The Bertz CT molecular complexity index is 434. The Morgan fingerprint density at radius 2 is 2.16 bits per heavy atom. The quantitative estimate of drug-likeness (QED) is 0.752. The van der Waals surface area contributed by atoms with Crippen molar-refractivity contribution in [3.8, 4) is 0 Å². The minimum absolute atomic E-state index is 0.0867. The van der Waals surface area contributed by atoms with E-state index >= 15 is 0 Å². The highest BCUT2D eigenvalue weighted by Gasteiger charge is 2.14. The Balaban J connectivity index is 2.40. The van der Waals surface area contributed by atoms with Gasteiger partial charge in [-0.05, 0) is 19.5 Å². The lowest BCUT2D eigenvalue weighted by Crippen LogP contribution is -2.35. The summed E-state index contributed by atoms with van der Waals surface area (Å²) < 4.78 is 0. The SMILES string of the molecule is CCCN(CC)CCNC(=O)c1nc(C(=O)O)cs1. The summed E-state index contributed by atoms with van der Waals surface area (Å²) in [6.07, 6.45) is 1.08. The van der Waals surface area contributed by atoms with E-state index in [0.717, 1.165) is 37.4 Å². The topological polar surface area (TPSA) is 82.5 Å². The molecule has 1 aromatic heterocycles. The third kappa shape index (κ3) is 4.96. The molecule has 6 nitrogen and oxygen atoms in total. The lowest BCUT2D eigenvalue weighted by atomic mass is 10.4. The van der Waals surface area contributed by atoms with Gasteiger partial charge in [0.05, 0.1) is 0 Å². The fourth-order valence-corrected chi connectivity index (χ4v) is 2.33. The summed E-state index contributed by atoms with van der Waals surface area (Å²) in [6.45, 7) is 7.47. The Hall–Kier alpha value is -1.47. The zero-order chi connectivity index (χ0) is 14.3. The van der Waals surface area contributed by atoms with Crippen molar-refractivity contribution in [2.24, 2.45) is 0 Å². The first-order valence-electron chi connectivity index (χ1n) is 6.27. The lowest BCUT2D eigenvalue weighted by Gasteiger charge is -2.19. The van der Waals surface area contributed by atoms with E-state index in [2.05, 4.69) is 29.0 Å². The van der Waals surface area contributed by atoms with E-state index in [4.69, 9.17) is 5.11 Å². The van der Waals surface area contributed by atoms with Crippen molar-refractivity contribution in [3.63, 3.8) is 0 Å². The molecule has 0 saturated heterocycles. The van der Waals surface area contributed by atoms with Gasteiger partial charge in [-0.25, -0.2) is 9.78 Å². The molecule has 1 rings (SSSR count). The number of aromatic nitrogens is 1. The normalized spacial score (nSPS) is 10.7. The third-order valence-electron chi connectivity index (χ3n) is 2.62. The number of hydrogen-bond acceptors (Lipinski definition) is 5. The molecule has 1 heterocycles. The Morgan fingerprint density at radius 3 is 2.68 bits per heavy atom. The largest absolute Gasteiger partial charge is 0.476 e. The van der Waals surface area contributed by atoms with Crippen LogP contribution in [0.5, 0.6) is 0 Å². The van der Waals surface area contributed by atoms with E-state index < -0.39 is 5.97 Å². The summed E-state index contributed by atoms with van der Waals surface area (Å²) in [6, 6.07) is 0. The van der Waals surface area contributed by atoms with Gasteiger partial charge >= 0.3 is 5.97 Å². The molecule has 0 saturated carbocycles. The number of amides is 1. The van der Waals surface area contributed by atoms with E-state index in [1.54, 1.807) is 0 Å². The molecule has 2 N–H and O–H groups in total. The minimum Gasteiger partial charge on any atom is -0.476 e. The number of likely N-dealkylation sites (N-methyl/N-ethyl adjacent to an activating group) is 1. The molecule has 106 valence electrons. The summed E-state index contributed by atoms with van der Waals surface area (Å²) in [5, 5.41) is 13.0. The van der Waals surface area contributed by atoms with Crippen LogP contribution in [0, 0.1) is 0 Å². The van der Waals surface area contributed by atoms with Crippen molar-refractivity contribution in [1.29, 1.82) is 0 Å². The van der Waals surface area contributed by atoms with Crippen molar-refractivity contribution in [3.05, 3.63) is 16.1 Å². The molecule has 19 heavy (non-hydrogen) atoms. The summed E-state index contributed by atoms with van der Waals surface area (Å²) >= 11 is 1.04. The fourth-order valence-electron chi connectivity index (χ4n) is 1.62. The summed E-state index contributed by atoms with van der Waals surface area (Å²) in [7, 11) is 0. The van der Waals surface area contributed by atoms with E-state index in [-0.39, 0.29) is 16.6 Å².